The molecule has 0 spiro atoms. The third kappa shape index (κ3) is 5.54. The number of nitrogens with two attached hydrogens (primary N) is 1. The number of carbonyl (C=O) groups excluding carboxylic acids is 1. The molecule has 90 valence electrons. The maximum absolute atomic E-state index is 11.4. The highest BCUT2D eigenvalue weighted by Gasteiger charge is 2.07. The molecule has 2 N–H and O–H groups in total. The lowest BCUT2D eigenvalue weighted by atomic mass is 10.00. The van der Waals surface area contributed by atoms with Crippen molar-refractivity contribution in [1.82, 2.24) is 0 Å². The molecule has 0 bridgehead atoms. The molecule has 0 unspecified atom stereocenters. The monoisotopic (exact) mass is 221 g/mol. The smallest absolute Gasteiger partial charge is 0.135 e. The predicted molar refractivity (Wildman–Crippen MR) is 69.9 cm³/mol. The summed E-state index contributed by atoms with van der Waals surface area (Å²) >= 11 is 0. The summed E-state index contributed by atoms with van der Waals surface area (Å²) in [5, 5.41) is 0. The van der Waals surface area contributed by atoms with Gasteiger partial charge in [-0.15, -0.1) is 0 Å². The molecule has 0 atom stereocenters. The molecule has 0 fully saturated rings. The van der Waals surface area contributed by atoms with Crippen LogP contribution in [0.3, 0.4) is 0 Å². The van der Waals surface area contributed by atoms with Crippen molar-refractivity contribution < 1.29 is 4.79 Å². The van der Waals surface area contributed by atoms with E-state index in [-0.39, 0.29) is 5.92 Å². The fraction of sp³-hybridized carbons (Fsp3) is 0.500. The number of ketones is 1. The zero-order valence-corrected chi connectivity index (χ0v) is 10.6. The van der Waals surface area contributed by atoms with Gasteiger partial charge in [-0.3, -0.25) is 4.79 Å². The summed E-state index contributed by atoms with van der Waals surface area (Å²) in [6, 6.07) is 0. The Kier molecular flexibility index (Phi) is 7.27. The van der Waals surface area contributed by atoms with Gasteiger partial charge in [0.1, 0.15) is 5.78 Å². The van der Waals surface area contributed by atoms with Crippen LogP contribution in [0.25, 0.3) is 0 Å². The minimum Gasteiger partial charge on any atom is -0.399 e. The van der Waals surface area contributed by atoms with Gasteiger partial charge in [-0.25, -0.2) is 0 Å². The van der Waals surface area contributed by atoms with Crippen molar-refractivity contribution >= 4 is 5.78 Å². The van der Waals surface area contributed by atoms with Gasteiger partial charge < -0.3 is 5.73 Å². The molecule has 0 aliphatic heterocycles. The molecule has 0 saturated carbocycles. The molecule has 0 rings (SSSR count). The van der Waals surface area contributed by atoms with Gasteiger partial charge >= 0.3 is 0 Å². The molecule has 0 saturated heterocycles. The predicted octanol–water partition coefficient (Wildman–Crippen LogP) is 3.36. The summed E-state index contributed by atoms with van der Waals surface area (Å²) in [6.45, 7) is 9.53. The molecule has 2 heteroatoms. The van der Waals surface area contributed by atoms with Crippen molar-refractivity contribution in [2.75, 3.05) is 0 Å². The number of rotatable bonds is 7. The Labute approximate surface area is 98.9 Å². The molecule has 0 aliphatic rings. The number of hydrogen-bond donors (Lipinski definition) is 1. The summed E-state index contributed by atoms with van der Waals surface area (Å²) < 4.78 is 0. The number of Topliss-reactive ketones (excluding diaryl/α,β-unsaturated/α-hetero) is 1. The topological polar surface area (TPSA) is 43.1 Å². The van der Waals surface area contributed by atoms with Crippen LogP contribution in [0, 0.1) is 5.92 Å². The second-order valence-electron chi connectivity index (χ2n) is 4.16. The first-order valence-electron chi connectivity index (χ1n) is 5.79. The van der Waals surface area contributed by atoms with Gasteiger partial charge in [0.2, 0.25) is 0 Å². The molecule has 0 aromatic rings. The van der Waals surface area contributed by atoms with Crippen molar-refractivity contribution in [2.45, 2.75) is 40.0 Å². The maximum atomic E-state index is 11.4. The molecule has 0 heterocycles. The summed E-state index contributed by atoms with van der Waals surface area (Å²) in [5.74, 6) is 0.442. The Morgan fingerprint density at radius 2 is 2.00 bits per heavy atom. The lowest BCUT2D eigenvalue weighted by Crippen LogP contribution is -2.06. The van der Waals surface area contributed by atoms with E-state index in [1.54, 1.807) is 6.08 Å². The first-order valence-corrected chi connectivity index (χ1v) is 5.79. The van der Waals surface area contributed by atoms with E-state index in [1.165, 1.54) is 0 Å². The SMILES string of the molecule is C=C/C(CCCC(=O)C(C)C)=C(N)\C=C/C. The van der Waals surface area contributed by atoms with E-state index in [0.717, 1.165) is 24.1 Å². The van der Waals surface area contributed by atoms with Crippen LogP contribution in [0.2, 0.25) is 0 Å². The summed E-state index contributed by atoms with van der Waals surface area (Å²) in [7, 11) is 0. The molecule has 0 aromatic heterocycles. The van der Waals surface area contributed by atoms with Crippen LogP contribution >= 0.6 is 0 Å². The minimum atomic E-state index is 0.129. The number of hydrogen-bond acceptors (Lipinski definition) is 2. The van der Waals surface area contributed by atoms with Gasteiger partial charge in [-0.05, 0) is 31.4 Å². The molecule has 0 aliphatic carbocycles. The summed E-state index contributed by atoms with van der Waals surface area (Å²) in [4.78, 5) is 11.4. The van der Waals surface area contributed by atoms with E-state index in [1.807, 2.05) is 32.9 Å². The Balaban J connectivity index is 4.22. The first kappa shape index (κ1) is 14.7. The lowest BCUT2D eigenvalue weighted by molar-refractivity contribution is -0.121. The molecular weight excluding hydrogens is 198 g/mol. The second-order valence-corrected chi connectivity index (χ2v) is 4.16. The van der Waals surface area contributed by atoms with Crippen LogP contribution in [0.1, 0.15) is 40.0 Å². The molecule has 2 nitrogen and oxygen atoms in total. The van der Waals surface area contributed by atoms with E-state index in [4.69, 9.17) is 5.73 Å². The highest BCUT2D eigenvalue weighted by atomic mass is 16.1. The molecular formula is C14H23NO. The fourth-order valence-corrected chi connectivity index (χ4v) is 1.39. The average Bonchev–Trinajstić information content (AvgIpc) is 2.24. The third-order valence-corrected chi connectivity index (χ3v) is 2.48. The van der Waals surface area contributed by atoms with E-state index in [9.17, 15) is 4.79 Å². The molecule has 0 aromatic carbocycles. The minimum absolute atomic E-state index is 0.129. The van der Waals surface area contributed by atoms with Gasteiger partial charge in [0.05, 0.1) is 0 Å². The zero-order chi connectivity index (χ0) is 12.6. The van der Waals surface area contributed by atoms with Gasteiger partial charge in [0, 0.05) is 18.0 Å². The van der Waals surface area contributed by atoms with E-state index >= 15 is 0 Å². The quantitative estimate of drug-likeness (QED) is 0.670. The first-order chi connectivity index (χ1) is 7.52. The van der Waals surface area contributed by atoms with E-state index < -0.39 is 0 Å². The van der Waals surface area contributed by atoms with Crippen molar-refractivity contribution in [3.8, 4) is 0 Å². The van der Waals surface area contributed by atoms with E-state index in [2.05, 4.69) is 6.58 Å². The van der Waals surface area contributed by atoms with Crippen molar-refractivity contribution in [2.24, 2.45) is 11.7 Å². The number of carbonyl (C=O) groups is 1. The van der Waals surface area contributed by atoms with Gasteiger partial charge in [0.25, 0.3) is 0 Å². The zero-order valence-electron chi connectivity index (χ0n) is 10.6. The average molecular weight is 221 g/mol. The lowest BCUT2D eigenvalue weighted by Gasteiger charge is -2.06. The molecule has 0 amide bonds. The Morgan fingerprint density at radius 1 is 1.38 bits per heavy atom. The van der Waals surface area contributed by atoms with Crippen molar-refractivity contribution in [3.05, 3.63) is 36.1 Å². The fourth-order valence-electron chi connectivity index (χ4n) is 1.39. The van der Waals surface area contributed by atoms with Crippen molar-refractivity contribution in [3.63, 3.8) is 0 Å². The molecule has 16 heavy (non-hydrogen) atoms. The van der Waals surface area contributed by atoms with Crippen LogP contribution in [0.4, 0.5) is 0 Å². The summed E-state index contributed by atoms with van der Waals surface area (Å²) in [5.41, 5.74) is 7.62. The Hall–Kier alpha value is -1.31. The molecule has 0 radical (unpaired) electrons. The second kappa shape index (κ2) is 7.91. The maximum Gasteiger partial charge on any atom is 0.135 e. The van der Waals surface area contributed by atoms with Gasteiger partial charge in [0.15, 0.2) is 0 Å². The van der Waals surface area contributed by atoms with Crippen LogP contribution in [-0.2, 0) is 4.79 Å². The van der Waals surface area contributed by atoms with Crippen LogP contribution in [-0.4, -0.2) is 5.78 Å². The Morgan fingerprint density at radius 3 is 2.44 bits per heavy atom. The van der Waals surface area contributed by atoms with Crippen LogP contribution in [0.5, 0.6) is 0 Å². The van der Waals surface area contributed by atoms with E-state index in [0.29, 0.717) is 12.2 Å². The normalized spacial score (nSPS) is 13.0. The Bertz CT molecular complexity index is 298. The summed E-state index contributed by atoms with van der Waals surface area (Å²) in [6.07, 6.45) is 7.82. The van der Waals surface area contributed by atoms with Crippen LogP contribution < -0.4 is 5.73 Å². The van der Waals surface area contributed by atoms with Gasteiger partial charge in [-0.1, -0.05) is 32.6 Å². The third-order valence-electron chi connectivity index (χ3n) is 2.48. The number of allylic oxidation sites excluding steroid dienone is 4. The van der Waals surface area contributed by atoms with Crippen molar-refractivity contribution in [1.29, 1.82) is 0 Å². The highest BCUT2D eigenvalue weighted by molar-refractivity contribution is 5.80. The van der Waals surface area contributed by atoms with Crippen LogP contribution in [0.15, 0.2) is 36.1 Å². The van der Waals surface area contributed by atoms with Gasteiger partial charge in [-0.2, -0.15) is 0 Å². The highest BCUT2D eigenvalue weighted by Crippen LogP contribution is 2.13. The standard InChI is InChI=1S/C14H23NO/c1-5-8-13(15)12(6-2)9-7-10-14(16)11(3)4/h5-6,8,11H,2,7,9-10,15H2,1,3-4H3/b8-5-,13-12-. The largest absolute Gasteiger partial charge is 0.399 e.